The Morgan fingerprint density at radius 3 is 2.71 bits per heavy atom. The van der Waals surface area contributed by atoms with Crippen molar-refractivity contribution < 1.29 is 19.1 Å². The van der Waals surface area contributed by atoms with E-state index >= 15 is 0 Å². The lowest BCUT2D eigenvalue weighted by Gasteiger charge is -2.30. The third-order valence-electron chi connectivity index (χ3n) is 5.20. The van der Waals surface area contributed by atoms with Gasteiger partial charge in [-0.05, 0) is 11.6 Å². The van der Waals surface area contributed by atoms with Crippen LogP contribution in [0.2, 0.25) is 0 Å². The summed E-state index contributed by atoms with van der Waals surface area (Å²) in [7, 11) is 0. The maximum Gasteiger partial charge on any atom is 0.240 e. The van der Waals surface area contributed by atoms with Crippen molar-refractivity contribution in [1.82, 2.24) is 4.90 Å². The zero-order valence-electron chi connectivity index (χ0n) is 15.5. The molecule has 3 heterocycles. The van der Waals surface area contributed by atoms with Gasteiger partial charge in [0, 0.05) is 43.4 Å². The normalized spacial score (nSPS) is 21.9. The van der Waals surface area contributed by atoms with E-state index in [4.69, 9.17) is 10.5 Å². The first-order valence-electron chi connectivity index (χ1n) is 9.36. The Morgan fingerprint density at radius 1 is 1.21 bits per heavy atom. The summed E-state index contributed by atoms with van der Waals surface area (Å²) in [4.78, 5) is 45.1. The van der Waals surface area contributed by atoms with Crippen molar-refractivity contribution in [3.8, 4) is 0 Å². The summed E-state index contributed by atoms with van der Waals surface area (Å²) >= 11 is 0. The maximum atomic E-state index is 13.1. The lowest BCUT2D eigenvalue weighted by molar-refractivity contribution is -0.123. The largest absolute Gasteiger partial charge is 0.378 e. The molecule has 1 aromatic carbocycles. The maximum absolute atomic E-state index is 13.1. The molecule has 2 N–H and O–H groups in total. The fraction of sp³-hybridized carbons (Fsp3) is 0.400. The van der Waals surface area contributed by atoms with Crippen LogP contribution in [-0.2, 0) is 25.5 Å². The Balaban J connectivity index is 1.55. The van der Waals surface area contributed by atoms with Crippen LogP contribution in [0.4, 0.5) is 5.69 Å². The van der Waals surface area contributed by atoms with Gasteiger partial charge in [0.1, 0.15) is 11.9 Å². The number of hydrogen-bond donors (Lipinski definition) is 1. The molecule has 1 atom stereocenters. The number of carbonyl (C=O) groups is 3. The molecule has 1 unspecified atom stereocenters. The predicted octanol–water partition coefficient (Wildman–Crippen LogP) is 0.407. The highest BCUT2D eigenvalue weighted by Crippen LogP contribution is 2.32. The minimum Gasteiger partial charge on any atom is -0.378 e. The molecule has 0 aromatic heterocycles. The van der Waals surface area contributed by atoms with Crippen molar-refractivity contribution in [1.29, 1.82) is 0 Å². The van der Waals surface area contributed by atoms with Crippen LogP contribution in [0, 0.1) is 0 Å². The zero-order chi connectivity index (χ0) is 19.7. The van der Waals surface area contributed by atoms with E-state index in [0.29, 0.717) is 49.9 Å². The van der Waals surface area contributed by atoms with Crippen LogP contribution in [0.5, 0.6) is 0 Å². The fourth-order valence-electron chi connectivity index (χ4n) is 3.87. The minimum atomic E-state index is -0.709. The molecule has 8 nitrogen and oxygen atoms in total. The zero-order valence-corrected chi connectivity index (χ0v) is 15.5. The second-order valence-electron chi connectivity index (χ2n) is 7.11. The lowest BCUT2D eigenvalue weighted by atomic mass is 10.1. The number of aliphatic imine (C=N–C) groups is 1. The van der Waals surface area contributed by atoms with Crippen LogP contribution in [-0.4, -0.2) is 60.6 Å². The number of carbonyl (C=O) groups excluding carboxylic acids is 3. The van der Waals surface area contributed by atoms with Gasteiger partial charge in [0.15, 0.2) is 5.78 Å². The first-order valence-corrected chi connectivity index (χ1v) is 9.36. The van der Waals surface area contributed by atoms with E-state index in [2.05, 4.69) is 4.99 Å². The first kappa shape index (κ1) is 18.4. The van der Waals surface area contributed by atoms with E-state index in [1.165, 1.54) is 11.0 Å². The van der Waals surface area contributed by atoms with Crippen molar-refractivity contribution in [2.75, 3.05) is 31.2 Å². The molecule has 0 radical (unpaired) electrons. The summed E-state index contributed by atoms with van der Waals surface area (Å²) < 4.78 is 5.34. The van der Waals surface area contributed by atoms with Gasteiger partial charge in [-0.15, -0.1) is 0 Å². The average Bonchev–Trinajstić information content (AvgIpc) is 3.08. The van der Waals surface area contributed by atoms with E-state index in [-0.39, 0.29) is 24.5 Å². The van der Waals surface area contributed by atoms with Crippen molar-refractivity contribution in [2.45, 2.75) is 25.3 Å². The summed E-state index contributed by atoms with van der Waals surface area (Å²) in [5.41, 5.74) is 7.65. The van der Waals surface area contributed by atoms with Crippen molar-refractivity contribution >= 4 is 29.0 Å². The molecule has 0 spiro atoms. The van der Waals surface area contributed by atoms with Gasteiger partial charge in [0.2, 0.25) is 11.8 Å². The molecule has 1 saturated heterocycles. The van der Waals surface area contributed by atoms with E-state index in [0.717, 1.165) is 5.56 Å². The number of nitrogens with two attached hydrogens (primary N) is 1. The van der Waals surface area contributed by atoms with Gasteiger partial charge >= 0.3 is 0 Å². The molecule has 1 aromatic rings. The highest BCUT2D eigenvalue weighted by Gasteiger charge is 2.37. The van der Waals surface area contributed by atoms with Gasteiger partial charge in [-0.25, -0.2) is 4.99 Å². The van der Waals surface area contributed by atoms with Gasteiger partial charge in [-0.3, -0.25) is 19.3 Å². The Morgan fingerprint density at radius 2 is 1.96 bits per heavy atom. The smallest absolute Gasteiger partial charge is 0.240 e. The Kier molecular flexibility index (Phi) is 4.95. The highest BCUT2D eigenvalue weighted by atomic mass is 16.5. The SMILES string of the molecule is NC(=O)C1Cc2ccccc2N1C(=O)CC1=NC(N2CCOCC2)=CC(=O)C1. The molecule has 4 rings (SSSR count). The second-order valence-corrected chi connectivity index (χ2v) is 7.11. The van der Waals surface area contributed by atoms with Gasteiger partial charge in [0.25, 0.3) is 0 Å². The molecule has 28 heavy (non-hydrogen) atoms. The third-order valence-corrected chi connectivity index (χ3v) is 5.20. The molecule has 3 aliphatic heterocycles. The number of primary amides is 1. The minimum absolute atomic E-state index is 0.0223. The van der Waals surface area contributed by atoms with E-state index < -0.39 is 11.9 Å². The monoisotopic (exact) mass is 382 g/mol. The van der Waals surface area contributed by atoms with Gasteiger partial charge in [0.05, 0.1) is 19.6 Å². The van der Waals surface area contributed by atoms with Crippen molar-refractivity contribution in [2.24, 2.45) is 10.7 Å². The summed E-state index contributed by atoms with van der Waals surface area (Å²) in [5, 5.41) is 0. The number of fused-ring (bicyclic) bond motifs is 1. The number of ether oxygens (including phenoxy) is 1. The number of amides is 2. The van der Waals surface area contributed by atoms with Crippen molar-refractivity contribution in [3.63, 3.8) is 0 Å². The van der Waals surface area contributed by atoms with E-state index in [9.17, 15) is 14.4 Å². The number of morpholine rings is 1. The fourth-order valence-corrected chi connectivity index (χ4v) is 3.87. The van der Waals surface area contributed by atoms with Crippen LogP contribution < -0.4 is 10.6 Å². The number of allylic oxidation sites excluding steroid dienone is 1. The van der Waals surface area contributed by atoms with Crippen molar-refractivity contribution in [3.05, 3.63) is 41.7 Å². The predicted molar refractivity (Wildman–Crippen MR) is 103 cm³/mol. The van der Waals surface area contributed by atoms with Crippen LogP contribution in [0.1, 0.15) is 18.4 Å². The van der Waals surface area contributed by atoms with Gasteiger partial charge < -0.3 is 15.4 Å². The molecule has 8 heteroatoms. The quantitative estimate of drug-likeness (QED) is 0.812. The molecule has 0 saturated carbocycles. The number of rotatable bonds is 4. The Bertz CT molecular complexity index is 886. The first-order chi connectivity index (χ1) is 13.5. The van der Waals surface area contributed by atoms with Crippen LogP contribution >= 0.6 is 0 Å². The highest BCUT2D eigenvalue weighted by molar-refractivity contribution is 6.17. The van der Waals surface area contributed by atoms with Crippen LogP contribution in [0.15, 0.2) is 41.2 Å². The van der Waals surface area contributed by atoms with Crippen LogP contribution in [0.25, 0.3) is 0 Å². The van der Waals surface area contributed by atoms with Gasteiger partial charge in [-0.2, -0.15) is 0 Å². The standard InChI is InChI=1S/C20H22N4O4/c21-20(27)17-9-13-3-1-2-4-16(13)24(17)19(26)11-14-10-15(25)12-18(22-14)23-5-7-28-8-6-23/h1-4,12,17H,5-11H2,(H2,21,27). The number of ketones is 1. The number of nitrogens with zero attached hydrogens (tertiary/aromatic N) is 3. The molecule has 0 bridgehead atoms. The molecule has 1 fully saturated rings. The lowest BCUT2D eigenvalue weighted by Crippen LogP contribution is -2.46. The number of benzene rings is 1. The molecule has 2 amide bonds. The number of para-hydroxylation sites is 1. The third kappa shape index (κ3) is 3.55. The Labute approximate surface area is 162 Å². The average molecular weight is 382 g/mol. The molecule has 3 aliphatic rings. The van der Waals surface area contributed by atoms with Gasteiger partial charge in [-0.1, -0.05) is 18.2 Å². The topological polar surface area (TPSA) is 105 Å². The molecular weight excluding hydrogens is 360 g/mol. The Hall–Kier alpha value is -3.00. The van der Waals surface area contributed by atoms with E-state index in [1.54, 1.807) is 0 Å². The molecule has 0 aliphatic carbocycles. The summed E-state index contributed by atoms with van der Waals surface area (Å²) in [6.07, 6.45) is 2.01. The molecule has 146 valence electrons. The number of anilines is 1. The second kappa shape index (κ2) is 7.55. The van der Waals surface area contributed by atoms with Crippen LogP contribution in [0.3, 0.4) is 0 Å². The number of hydrogen-bond acceptors (Lipinski definition) is 6. The summed E-state index contributed by atoms with van der Waals surface area (Å²) in [5.74, 6) is -0.313. The summed E-state index contributed by atoms with van der Waals surface area (Å²) in [6, 6.07) is 6.68. The summed E-state index contributed by atoms with van der Waals surface area (Å²) in [6.45, 7) is 2.49. The van der Waals surface area contributed by atoms with E-state index in [1.807, 2.05) is 29.2 Å². The molecular formula is C20H22N4O4.